The summed E-state index contributed by atoms with van der Waals surface area (Å²) < 4.78 is 6.09. The largest absolute Gasteiger partial charge is 0.457 e. The average molecular weight is 457 g/mol. The molecule has 2 bridgehead atoms. The minimum absolute atomic E-state index is 0.0953. The van der Waals surface area contributed by atoms with Gasteiger partial charge in [0.2, 0.25) is 11.1 Å². The smallest absolute Gasteiger partial charge is 0.363 e. The maximum absolute atomic E-state index is 13.4. The van der Waals surface area contributed by atoms with Gasteiger partial charge in [0.15, 0.2) is 0 Å². The van der Waals surface area contributed by atoms with Crippen LogP contribution in [0.2, 0.25) is 0 Å². The number of ketones is 1. The number of aryl methyl sites for hydroxylation is 1. The van der Waals surface area contributed by atoms with E-state index in [1.165, 1.54) is 6.07 Å². The van der Waals surface area contributed by atoms with Crippen molar-refractivity contribution in [1.82, 2.24) is 10.2 Å². The number of aliphatic hydroxyl groups is 1. The topological polar surface area (TPSA) is 109 Å². The van der Waals surface area contributed by atoms with Gasteiger partial charge in [0.1, 0.15) is 11.9 Å². The molecule has 3 aliphatic carbocycles. The lowest BCUT2D eigenvalue weighted by molar-refractivity contribution is -0.192. The van der Waals surface area contributed by atoms with E-state index in [0.29, 0.717) is 18.5 Å². The first-order valence-electron chi connectivity index (χ1n) is 12.0. The number of aromatic nitrogens is 2. The molecule has 7 nitrogen and oxygen atoms in total. The molecule has 8 atom stereocenters. The van der Waals surface area contributed by atoms with Crippen molar-refractivity contribution in [3.05, 3.63) is 40.3 Å². The van der Waals surface area contributed by atoms with Crippen LogP contribution in [0.4, 0.5) is 0 Å². The molecule has 1 heterocycles. The van der Waals surface area contributed by atoms with E-state index in [1.807, 2.05) is 6.92 Å². The molecule has 0 saturated heterocycles. The molecule has 33 heavy (non-hydrogen) atoms. The Bertz CT molecular complexity index is 1050. The number of H-pyrrole nitrogens is 1. The van der Waals surface area contributed by atoms with Gasteiger partial charge in [0.25, 0.3) is 0 Å². The van der Waals surface area contributed by atoms with Crippen LogP contribution in [0.3, 0.4) is 0 Å². The number of aromatic amines is 1. The molecule has 0 spiro atoms. The molecule has 1 aromatic rings. The third kappa shape index (κ3) is 3.34. The summed E-state index contributed by atoms with van der Waals surface area (Å²) in [5, 5.41) is 18.1. The molecule has 3 saturated carbocycles. The fourth-order valence-corrected chi connectivity index (χ4v) is 7.33. The number of ether oxygens (including phenoxy) is 1. The highest BCUT2D eigenvalue weighted by Gasteiger charge is 2.68. The second-order valence-corrected chi connectivity index (χ2v) is 11.2. The Morgan fingerprint density at radius 3 is 2.64 bits per heavy atom. The van der Waals surface area contributed by atoms with Crippen molar-refractivity contribution >= 4 is 11.8 Å². The normalized spacial score (nSPS) is 42.7. The molecule has 2 unspecified atom stereocenters. The van der Waals surface area contributed by atoms with Crippen molar-refractivity contribution in [3.63, 3.8) is 0 Å². The van der Waals surface area contributed by atoms with Crippen LogP contribution in [0.5, 0.6) is 0 Å². The molecule has 4 rings (SSSR count). The maximum atomic E-state index is 13.4. The molecule has 0 amide bonds. The van der Waals surface area contributed by atoms with Crippen LogP contribution >= 0.6 is 0 Å². The van der Waals surface area contributed by atoms with Crippen molar-refractivity contribution in [2.45, 2.75) is 78.9 Å². The second kappa shape index (κ2) is 7.90. The highest BCUT2D eigenvalue weighted by atomic mass is 16.5. The van der Waals surface area contributed by atoms with Gasteiger partial charge in [-0.2, -0.15) is 5.10 Å². The minimum Gasteiger partial charge on any atom is -0.457 e. The van der Waals surface area contributed by atoms with E-state index in [-0.39, 0.29) is 34.6 Å². The fourth-order valence-electron chi connectivity index (χ4n) is 7.33. The van der Waals surface area contributed by atoms with Gasteiger partial charge in [-0.25, -0.2) is 4.79 Å². The molecule has 180 valence electrons. The summed E-state index contributed by atoms with van der Waals surface area (Å²) in [4.78, 5) is 39.0. The standard InChI is InChI=1S/C26H36N2O5/c1-7-24(5)13-19(33-23(32)20-18(30)12-15(3)27-28-20)25(6)14(2)8-10-26(16(4)22(24)31)11-9-17(29)21(25)26/h7,12,14,16,19,21-22,31H,1,8-11,13H2,2-6H3,(H,27,30)/t14-,16+,19-,21?,22+,24-,25+,26?/m1/s1. The first kappa shape index (κ1) is 23.9. The number of hydrogen-bond donors (Lipinski definition) is 2. The van der Waals surface area contributed by atoms with Crippen LogP contribution in [-0.2, 0) is 9.53 Å². The summed E-state index contributed by atoms with van der Waals surface area (Å²) in [5.74, 6) is -0.892. The second-order valence-electron chi connectivity index (χ2n) is 11.2. The van der Waals surface area contributed by atoms with Crippen LogP contribution < -0.4 is 5.43 Å². The molecule has 0 radical (unpaired) electrons. The molecule has 7 heteroatoms. The van der Waals surface area contributed by atoms with Crippen LogP contribution in [0.1, 0.15) is 76.0 Å². The van der Waals surface area contributed by atoms with Crippen molar-refractivity contribution in [2.24, 2.45) is 34.0 Å². The number of carbonyl (C=O) groups is 2. The zero-order chi connectivity index (χ0) is 24.3. The summed E-state index contributed by atoms with van der Waals surface area (Å²) in [6.45, 7) is 13.9. The lowest BCUT2D eigenvalue weighted by Crippen LogP contribution is -2.63. The van der Waals surface area contributed by atoms with E-state index in [9.17, 15) is 19.5 Å². The monoisotopic (exact) mass is 456 g/mol. The molecule has 2 N–H and O–H groups in total. The fraction of sp³-hybridized carbons (Fsp3) is 0.692. The number of nitrogens with zero attached hydrogens (tertiary/aromatic N) is 1. The first-order chi connectivity index (χ1) is 15.4. The number of rotatable bonds is 3. The average Bonchev–Trinajstić information content (AvgIpc) is 3.12. The predicted molar refractivity (Wildman–Crippen MR) is 124 cm³/mol. The highest BCUT2D eigenvalue weighted by Crippen LogP contribution is 2.68. The first-order valence-corrected chi connectivity index (χ1v) is 12.0. The van der Waals surface area contributed by atoms with Gasteiger partial charge >= 0.3 is 5.97 Å². The van der Waals surface area contributed by atoms with Gasteiger partial charge < -0.3 is 9.84 Å². The van der Waals surface area contributed by atoms with Gasteiger partial charge in [-0.15, -0.1) is 6.58 Å². The van der Waals surface area contributed by atoms with Crippen molar-refractivity contribution in [2.75, 3.05) is 0 Å². The van der Waals surface area contributed by atoms with E-state index in [1.54, 1.807) is 13.0 Å². The van der Waals surface area contributed by atoms with Gasteiger partial charge in [-0.05, 0) is 49.9 Å². The van der Waals surface area contributed by atoms with Crippen molar-refractivity contribution in [1.29, 1.82) is 0 Å². The van der Waals surface area contributed by atoms with Crippen LogP contribution in [0.25, 0.3) is 0 Å². The molecular formula is C26H36N2O5. The quantitative estimate of drug-likeness (QED) is 0.531. The number of Topliss-reactive ketones (excluding diaryl/α,β-unsaturated/α-hetero) is 1. The van der Waals surface area contributed by atoms with Crippen LogP contribution in [-0.4, -0.2) is 39.3 Å². The molecule has 1 aromatic heterocycles. The highest BCUT2D eigenvalue weighted by molar-refractivity contribution is 5.88. The molecule has 3 fully saturated rings. The van der Waals surface area contributed by atoms with Gasteiger partial charge in [0, 0.05) is 34.9 Å². The Morgan fingerprint density at radius 2 is 2.00 bits per heavy atom. The number of carbonyl (C=O) groups excluding carboxylic acids is 2. The lowest BCUT2D eigenvalue weighted by Gasteiger charge is -2.61. The lowest BCUT2D eigenvalue weighted by atomic mass is 9.44. The van der Waals surface area contributed by atoms with E-state index >= 15 is 0 Å². The zero-order valence-corrected chi connectivity index (χ0v) is 20.3. The molecular weight excluding hydrogens is 420 g/mol. The van der Waals surface area contributed by atoms with Gasteiger partial charge in [0.05, 0.1) is 6.10 Å². The number of hydrogen-bond acceptors (Lipinski definition) is 6. The van der Waals surface area contributed by atoms with E-state index in [4.69, 9.17) is 4.74 Å². The van der Waals surface area contributed by atoms with Crippen LogP contribution in [0, 0.1) is 40.9 Å². The molecule has 3 aliphatic rings. The zero-order valence-electron chi connectivity index (χ0n) is 20.3. The van der Waals surface area contributed by atoms with E-state index < -0.39 is 34.4 Å². The Hall–Kier alpha value is -2.28. The van der Waals surface area contributed by atoms with Crippen LogP contribution in [0.15, 0.2) is 23.5 Å². The third-order valence-corrected chi connectivity index (χ3v) is 9.67. The summed E-state index contributed by atoms with van der Waals surface area (Å²) in [6.07, 6.45) is 3.63. The van der Waals surface area contributed by atoms with Crippen molar-refractivity contribution < 1.29 is 19.4 Å². The summed E-state index contributed by atoms with van der Waals surface area (Å²) in [6, 6.07) is 1.32. The summed E-state index contributed by atoms with van der Waals surface area (Å²) in [5.41, 5.74) is -1.94. The summed E-state index contributed by atoms with van der Waals surface area (Å²) >= 11 is 0. The summed E-state index contributed by atoms with van der Waals surface area (Å²) in [7, 11) is 0. The SMILES string of the molecule is C=C[C@]1(C)C[C@@H](OC(=O)c2n[nH]c(C)cc2=O)[C@@]2(C)C3C(=O)CCC3(CC[C@H]2C)[C@@H](C)[C@@H]1O. The molecule has 0 aromatic carbocycles. The number of nitrogens with one attached hydrogen (secondary N) is 1. The Morgan fingerprint density at radius 1 is 1.30 bits per heavy atom. The Labute approximate surface area is 195 Å². The number of aliphatic hydroxyl groups excluding tert-OH is 1. The van der Waals surface area contributed by atoms with Gasteiger partial charge in [-0.3, -0.25) is 14.7 Å². The minimum atomic E-state index is -0.800. The maximum Gasteiger partial charge on any atom is 0.363 e. The Balaban J connectivity index is 1.85. The van der Waals surface area contributed by atoms with E-state index in [2.05, 4.69) is 37.5 Å². The predicted octanol–water partition coefficient (Wildman–Crippen LogP) is 3.60. The molecule has 0 aliphatic heterocycles. The third-order valence-electron chi connectivity index (χ3n) is 9.67. The van der Waals surface area contributed by atoms with E-state index in [0.717, 1.165) is 19.3 Å². The Kier molecular flexibility index (Phi) is 5.71. The van der Waals surface area contributed by atoms with Crippen molar-refractivity contribution in [3.8, 4) is 0 Å². The number of esters is 1. The van der Waals surface area contributed by atoms with Gasteiger partial charge in [-0.1, -0.05) is 33.8 Å².